The highest BCUT2D eigenvalue weighted by molar-refractivity contribution is 6.16. The van der Waals surface area contributed by atoms with E-state index < -0.39 is 0 Å². The number of aromatic nitrogens is 1. The standard InChI is InChI=1S/C49H33N/c1-49(2)44-19-7-5-16-38(44)39-23-21-32(29-45(39)49)31-22-24-47-42(27-31)40-17-6-8-20-46(40)50(47)35-13-9-11-30(26-35)34-25-33-12-10-18-41-36-14-3-4-15-37(36)43(28-34)48(33)41/h3-29H,1-2H3. The first-order valence-corrected chi connectivity index (χ1v) is 17.6. The van der Waals surface area contributed by atoms with Crippen LogP contribution < -0.4 is 0 Å². The summed E-state index contributed by atoms with van der Waals surface area (Å²) in [6, 6.07) is 61.1. The zero-order valence-corrected chi connectivity index (χ0v) is 28.0. The van der Waals surface area contributed by atoms with Crippen LogP contribution in [-0.2, 0) is 5.41 Å². The molecule has 0 atom stereocenters. The molecule has 234 valence electrons. The predicted molar refractivity (Wildman–Crippen MR) is 211 cm³/mol. The number of hydrogen-bond donors (Lipinski definition) is 0. The van der Waals surface area contributed by atoms with Crippen LogP contribution in [0.4, 0.5) is 0 Å². The van der Waals surface area contributed by atoms with Crippen LogP contribution in [0, 0.1) is 0 Å². The van der Waals surface area contributed by atoms with Crippen LogP contribution >= 0.6 is 0 Å². The molecule has 1 heterocycles. The maximum Gasteiger partial charge on any atom is 0.0541 e. The van der Waals surface area contributed by atoms with Crippen molar-refractivity contribution in [2.75, 3.05) is 0 Å². The van der Waals surface area contributed by atoms with Crippen molar-refractivity contribution in [3.8, 4) is 61.3 Å². The second-order valence-electron chi connectivity index (χ2n) is 14.5. The zero-order chi connectivity index (χ0) is 33.1. The van der Waals surface area contributed by atoms with E-state index in [0.29, 0.717) is 0 Å². The third-order valence-corrected chi connectivity index (χ3v) is 11.5. The van der Waals surface area contributed by atoms with E-state index in [2.05, 4.69) is 182 Å². The third kappa shape index (κ3) is 3.72. The molecule has 0 spiro atoms. The molecule has 0 bridgehead atoms. The topological polar surface area (TPSA) is 4.93 Å². The first-order chi connectivity index (χ1) is 24.5. The van der Waals surface area contributed by atoms with Gasteiger partial charge in [-0.05, 0) is 126 Å². The van der Waals surface area contributed by atoms with Gasteiger partial charge in [0.15, 0.2) is 0 Å². The molecule has 0 fully saturated rings. The van der Waals surface area contributed by atoms with E-state index >= 15 is 0 Å². The van der Waals surface area contributed by atoms with Crippen LogP contribution in [0.2, 0.25) is 0 Å². The molecule has 0 N–H and O–H groups in total. The molecule has 0 radical (unpaired) electrons. The van der Waals surface area contributed by atoms with Crippen molar-refractivity contribution >= 4 is 32.6 Å². The minimum absolute atomic E-state index is 0.0255. The Kier molecular flexibility index (Phi) is 5.51. The number of hydrogen-bond acceptors (Lipinski definition) is 0. The molecule has 1 aromatic heterocycles. The average Bonchev–Trinajstić information content (AvgIpc) is 3.75. The van der Waals surface area contributed by atoms with Gasteiger partial charge in [0, 0.05) is 21.9 Å². The SMILES string of the molecule is CC1(C)c2ccccc2-c2ccc(-c3ccc4c(c3)c3ccccc3n4-c3cccc(-c4cc5c6c(cccc6c4)-c4ccccc4-5)c3)cc21. The van der Waals surface area contributed by atoms with E-state index in [-0.39, 0.29) is 5.41 Å². The number of benzene rings is 8. The second kappa shape index (κ2) is 9.94. The molecule has 50 heavy (non-hydrogen) atoms. The number of rotatable bonds is 3. The summed E-state index contributed by atoms with van der Waals surface area (Å²) >= 11 is 0. The molecule has 1 heteroatoms. The molecule has 0 saturated heterocycles. The summed E-state index contributed by atoms with van der Waals surface area (Å²) in [5, 5.41) is 5.20. The second-order valence-corrected chi connectivity index (χ2v) is 14.5. The highest BCUT2D eigenvalue weighted by atomic mass is 15.0. The number of nitrogens with zero attached hydrogens (tertiary/aromatic N) is 1. The van der Waals surface area contributed by atoms with Gasteiger partial charge in [-0.3, -0.25) is 0 Å². The van der Waals surface area contributed by atoms with Gasteiger partial charge in [0.05, 0.1) is 11.0 Å². The summed E-state index contributed by atoms with van der Waals surface area (Å²) in [5.41, 5.74) is 19.4. The van der Waals surface area contributed by atoms with E-state index in [1.807, 2.05) is 0 Å². The van der Waals surface area contributed by atoms with Crippen LogP contribution in [0.5, 0.6) is 0 Å². The molecule has 11 rings (SSSR count). The Morgan fingerprint density at radius 1 is 0.380 bits per heavy atom. The lowest BCUT2D eigenvalue weighted by molar-refractivity contribution is 0.660. The maximum absolute atomic E-state index is 2.44. The Hall–Kier alpha value is -6.18. The summed E-state index contributed by atoms with van der Waals surface area (Å²) < 4.78 is 2.44. The van der Waals surface area contributed by atoms with Crippen LogP contribution in [-0.4, -0.2) is 4.57 Å². The minimum Gasteiger partial charge on any atom is -0.309 e. The molecule has 0 saturated carbocycles. The lowest BCUT2D eigenvalue weighted by Gasteiger charge is -2.22. The molecule has 0 unspecified atom stereocenters. The van der Waals surface area contributed by atoms with Gasteiger partial charge >= 0.3 is 0 Å². The van der Waals surface area contributed by atoms with Crippen LogP contribution in [0.15, 0.2) is 164 Å². The zero-order valence-electron chi connectivity index (χ0n) is 28.0. The lowest BCUT2D eigenvalue weighted by Crippen LogP contribution is -2.14. The third-order valence-electron chi connectivity index (χ3n) is 11.5. The summed E-state index contributed by atoms with van der Waals surface area (Å²) in [5.74, 6) is 0. The predicted octanol–water partition coefficient (Wildman–Crippen LogP) is 13.2. The molecular formula is C49H33N. The molecule has 8 aromatic carbocycles. The van der Waals surface area contributed by atoms with Gasteiger partial charge in [-0.15, -0.1) is 0 Å². The summed E-state index contributed by atoms with van der Waals surface area (Å²) in [6.45, 7) is 4.71. The minimum atomic E-state index is -0.0255. The first-order valence-electron chi connectivity index (χ1n) is 17.6. The quantitative estimate of drug-likeness (QED) is 0.182. The molecule has 1 nitrogen and oxygen atoms in total. The maximum atomic E-state index is 2.44. The number of para-hydroxylation sites is 1. The van der Waals surface area contributed by atoms with Crippen LogP contribution in [0.25, 0.3) is 93.9 Å². The van der Waals surface area contributed by atoms with E-state index in [1.54, 1.807) is 0 Å². The van der Waals surface area contributed by atoms with E-state index in [4.69, 9.17) is 0 Å². The van der Waals surface area contributed by atoms with Crippen molar-refractivity contribution in [1.82, 2.24) is 4.57 Å². The smallest absolute Gasteiger partial charge is 0.0541 e. The molecular weight excluding hydrogens is 603 g/mol. The summed E-state index contributed by atoms with van der Waals surface area (Å²) in [7, 11) is 0. The molecule has 0 amide bonds. The van der Waals surface area contributed by atoms with Gasteiger partial charge in [-0.25, -0.2) is 0 Å². The van der Waals surface area contributed by atoms with E-state index in [9.17, 15) is 0 Å². The first kappa shape index (κ1) is 27.7. The fourth-order valence-corrected chi connectivity index (χ4v) is 9.12. The summed E-state index contributed by atoms with van der Waals surface area (Å²) in [4.78, 5) is 0. The highest BCUT2D eigenvalue weighted by Crippen LogP contribution is 2.51. The Labute approximate surface area is 291 Å². The average molecular weight is 636 g/mol. The monoisotopic (exact) mass is 635 g/mol. The van der Waals surface area contributed by atoms with Crippen molar-refractivity contribution in [1.29, 1.82) is 0 Å². The molecule has 9 aromatic rings. The fourth-order valence-electron chi connectivity index (χ4n) is 9.12. The normalized spacial score (nSPS) is 13.6. The Morgan fingerprint density at radius 3 is 1.94 bits per heavy atom. The van der Waals surface area contributed by atoms with Crippen molar-refractivity contribution in [3.05, 3.63) is 175 Å². The van der Waals surface area contributed by atoms with Crippen LogP contribution in [0.3, 0.4) is 0 Å². The molecule has 0 aliphatic heterocycles. The molecule has 2 aliphatic rings. The Morgan fingerprint density at radius 2 is 1.04 bits per heavy atom. The van der Waals surface area contributed by atoms with Crippen molar-refractivity contribution in [2.24, 2.45) is 0 Å². The van der Waals surface area contributed by atoms with Gasteiger partial charge in [0.2, 0.25) is 0 Å². The number of fused-ring (bicyclic) bond motifs is 9. The van der Waals surface area contributed by atoms with Crippen molar-refractivity contribution < 1.29 is 0 Å². The largest absolute Gasteiger partial charge is 0.309 e. The van der Waals surface area contributed by atoms with Gasteiger partial charge in [0.25, 0.3) is 0 Å². The molecule has 2 aliphatic carbocycles. The van der Waals surface area contributed by atoms with Crippen molar-refractivity contribution in [2.45, 2.75) is 19.3 Å². The fraction of sp³-hybridized carbons (Fsp3) is 0.0612. The van der Waals surface area contributed by atoms with Gasteiger partial charge < -0.3 is 4.57 Å². The van der Waals surface area contributed by atoms with Gasteiger partial charge in [-0.2, -0.15) is 0 Å². The van der Waals surface area contributed by atoms with Crippen molar-refractivity contribution in [3.63, 3.8) is 0 Å². The van der Waals surface area contributed by atoms with Crippen LogP contribution in [0.1, 0.15) is 25.0 Å². The highest BCUT2D eigenvalue weighted by Gasteiger charge is 2.35. The summed E-state index contributed by atoms with van der Waals surface area (Å²) in [6.07, 6.45) is 0. The van der Waals surface area contributed by atoms with E-state index in [0.717, 1.165) is 0 Å². The van der Waals surface area contributed by atoms with E-state index in [1.165, 1.54) is 105 Å². The Balaban J connectivity index is 1.05. The Bertz CT molecular complexity index is 2900. The van der Waals surface area contributed by atoms with Gasteiger partial charge in [-0.1, -0.05) is 129 Å². The lowest BCUT2D eigenvalue weighted by atomic mass is 9.81. The van der Waals surface area contributed by atoms with Gasteiger partial charge in [0.1, 0.15) is 0 Å².